The highest BCUT2D eigenvalue weighted by Crippen LogP contribution is 2.18. The normalized spacial score (nSPS) is 20.2. The number of amides is 3. The number of carbonyl (C=O) groups excluding carboxylic acids is 3. The van der Waals surface area contributed by atoms with Crippen molar-refractivity contribution in [3.8, 4) is 0 Å². The van der Waals surface area contributed by atoms with E-state index in [1.165, 1.54) is 18.9 Å². The summed E-state index contributed by atoms with van der Waals surface area (Å²) in [4.78, 5) is 34.6. The summed E-state index contributed by atoms with van der Waals surface area (Å²) in [5, 5.41) is 8.20. The van der Waals surface area contributed by atoms with Crippen molar-refractivity contribution in [3.05, 3.63) is 29.8 Å². The van der Waals surface area contributed by atoms with Crippen molar-refractivity contribution >= 4 is 35.4 Å². The van der Waals surface area contributed by atoms with Crippen LogP contribution >= 0.6 is 11.8 Å². The fourth-order valence-electron chi connectivity index (χ4n) is 2.14. The monoisotopic (exact) mass is 337 g/mol. The molecule has 8 heteroatoms. The van der Waals surface area contributed by atoms with E-state index in [-0.39, 0.29) is 29.1 Å². The molecule has 0 saturated carbocycles. The number of thioether (sulfide) groups is 1. The maximum absolute atomic E-state index is 11.9. The third-order valence-electron chi connectivity index (χ3n) is 3.24. The summed E-state index contributed by atoms with van der Waals surface area (Å²) >= 11 is 1.39. The predicted octanol–water partition coefficient (Wildman–Crippen LogP) is 1.56. The number of ether oxygens (including phenoxy) is 1. The Bertz CT molecular complexity index is 591. The third kappa shape index (κ3) is 5.17. The Kier molecular flexibility index (Phi) is 5.86. The molecule has 7 nitrogen and oxygen atoms in total. The van der Waals surface area contributed by atoms with Gasteiger partial charge in [0.05, 0.1) is 23.8 Å². The van der Waals surface area contributed by atoms with Gasteiger partial charge in [-0.05, 0) is 37.6 Å². The second-order valence-corrected chi connectivity index (χ2v) is 6.36. The van der Waals surface area contributed by atoms with Gasteiger partial charge >= 0.3 is 12.0 Å². The van der Waals surface area contributed by atoms with E-state index in [0.29, 0.717) is 11.3 Å². The number of rotatable bonds is 5. The number of carbonyl (C=O) groups is 3. The molecule has 3 N–H and O–H groups in total. The van der Waals surface area contributed by atoms with Gasteiger partial charge in [0.15, 0.2) is 0 Å². The molecule has 0 spiro atoms. The van der Waals surface area contributed by atoms with E-state index in [1.807, 2.05) is 6.92 Å². The first kappa shape index (κ1) is 17.1. The number of benzene rings is 1. The lowest BCUT2D eigenvalue weighted by atomic mass is 10.2. The SMILES string of the molecule is COC(=O)c1ccc(NC(=O)CSC2CC(C)NC(=O)N2)cc1. The highest BCUT2D eigenvalue weighted by molar-refractivity contribution is 8.00. The molecule has 23 heavy (non-hydrogen) atoms. The topological polar surface area (TPSA) is 96.5 Å². The van der Waals surface area contributed by atoms with E-state index >= 15 is 0 Å². The largest absolute Gasteiger partial charge is 0.465 e. The molecular formula is C15H19N3O4S. The van der Waals surface area contributed by atoms with E-state index in [1.54, 1.807) is 24.3 Å². The molecule has 1 fully saturated rings. The van der Waals surface area contributed by atoms with Crippen molar-refractivity contribution in [1.29, 1.82) is 0 Å². The van der Waals surface area contributed by atoms with Crippen LogP contribution in [0.5, 0.6) is 0 Å². The number of hydrogen-bond donors (Lipinski definition) is 3. The second-order valence-electron chi connectivity index (χ2n) is 5.17. The maximum Gasteiger partial charge on any atom is 0.337 e. The van der Waals surface area contributed by atoms with Gasteiger partial charge in [0.2, 0.25) is 5.91 Å². The maximum atomic E-state index is 11.9. The molecule has 1 aliphatic heterocycles. The van der Waals surface area contributed by atoms with Gasteiger partial charge in [-0.15, -0.1) is 11.8 Å². The molecule has 2 rings (SSSR count). The summed E-state index contributed by atoms with van der Waals surface area (Å²) < 4.78 is 4.61. The lowest BCUT2D eigenvalue weighted by Gasteiger charge is -2.28. The summed E-state index contributed by atoms with van der Waals surface area (Å²) in [6, 6.07) is 6.34. The number of urea groups is 1. The van der Waals surface area contributed by atoms with Crippen LogP contribution in [0.3, 0.4) is 0 Å². The molecule has 1 heterocycles. The Balaban J connectivity index is 1.80. The highest BCUT2D eigenvalue weighted by atomic mass is 32.2. The molecule has 0 aromatic heterocycles. The molecule has 1 aliphatic rings. The Morgan fingerprint density at radius 3 is 2.61 bits per heavy atom. The Morgan fingerprint density at radius 2 is 2.00 bits per heavy atom. The van der Waals surface area contributed by atoms with E-state index in [4.69, 9.17) is 0 Å². The highest BCUT2D eigenvalue weighted by Gasteiger charge is 2.23. The molecule has 0 aliphatic carbocycles. The minimum Gasteiger partial charge on any atom is -0.465 e. The molecule has 1 saturated heterocycles. The lowest BCUT2D eigenvalue weighted by molar-refractivity contribution is -0.113. The van der Waals surface area contributed by atoms with Crippen LogP contribution in [0.15, 0.2) is 24.3 Å². The first-order valence-corrected chi connectivity index (χ1v) is 8.19. The average Bonchev–Trinajstić information content (AvgIpc) is 2.52. The van der Waals surface area contributed by atoms with Crippen molar-refractivity contribution in [3.63, 3.8) is 0 Å². The van der Waals surface area contributed by atoms with Crippen LogP contribution in [-0.4, -0.2) is 42.2 Å². The number of esters is 1. The first-order valence-electron chi connectivity index (χ1n) is 7.15. The molecule has 0 radical (unpaired) electrons. The lowest BCUT2D eigenvalue weighted by Crippen LogP contribution is -2.52. The van der Waals surface area contributed by atoms with Crippen LogP contribution < -0.4 is 16.0 Å². The van der Waals surface area contributed by atoms with Crippen LogP contribution in [0.4, 0.5) is 10.5 Å². The fraction of sp³-hybridized carbons (Fsp3) is 0.400. The number of hydrogen-bond acceptors (Lipinski definition) is 5. The zero-order chi connectivity index (χ0) is 16.8. The van der Waals surface area contributed by atoms with E-state index in [2.05, 4.69) is 20.7 Å². The second kappa shape index (κ2) is 7.87. The number of nitrogens with one attached hydrogen (secondary N) is 3. The van der Waals surface area contributed by atoms with E-state index in [9.17, 15) is 14.4 Å². The quantitative estimate of drug-likeness (QED) is 0.709. The molecule has 124 valence electrons. The van der Waals surface area contributed by atoms with Gasteiger partial charge in [-0.2, -0.15) is 0 Å². The smallest absolute Gasteiger partial charge is 0.337 e. The number of methoxy groups -OCH3 is 1. The van der Waals surface area contributed by atoms with Gasteiger partial charge in [0, 0.05) is 11.7 Å². The Hall–Kier alpha value is -2.22. The molecule has 2 unspecified atom stereocenters. The van der Waals surface area contributed by atoms with Gasteiger partial charge in [0.25, 0.3) is 0 Å². The summed E-state index contributed by atoms with van der Waals surface area (Å²) in [7, 11) is 1.32. The minimum atomic E-state index is -0.422. The molecule has 0 bridgehead atoms. The Morgan fingerprint density at radius 1 is 1.30 bits per heavy atom. The van der Waals surface area contributed by atoms with Gasteiger partial charge in [-0.25, -0.2) is 9.59 Å². The summed E-state index contributed by atoms with van der Waals surface area (Å²) in [5.74, 6) is -0.355. The van der Waals surface area contributed by atoms with Gasteiger partial charge in [-0.3, -0.25) is 4.79 Å². The van der Waals surface area contributed by atoms with Crippen molar-refractivity contribution in [1.82, 2.24) is 10.6 Å². The predicted molar refractivity (Wildman–Crippen MR) is 88.4 cm³/mol. The molecular weight excluding hydrogens is 318 g/mol. The van der Waals surface area contributed by atoms with Gasteiger partial charge in [0.1, 0.15) is 0 Å². The van der Waals surface area contributed by atoms with Crippen LogP contribution in [-0.2, 0) is 9.53 Å². The first-order chi connectivity index (χ1) is 11.0. The van der Waals surface area contributed by atoms with Gasteiger partial charge in [-0.1, -0.05) is 0 Å². The van der Waals surface area contributed by atoms with Crippen molar-refractivity contribution in [2.45, 2.75) is 24.8 Å². The molecule has 3 amide bonds. The zero-order valence-corrected chi connectivity index (χ0v) is 13.7. The minimum absolute atomic E-state index is 0.0776. The van der Waals surface area contributed by atoms with Crippen LogP contribution in [0.2, 0.25) is 0 Å². The summed E-state index contributed by atoms with van der Waals surface area (Å²) in [6.07, 6.45) is 0.761. The molecule has 2 atom stereocenters. The average molecular weight is 337 g/mol. The van der Waals surface area contributed by atoms with E-state index in [0.717, 1.165) is 6.42 Å². The molecule has 1 aromatic rings. The summed E-state index contributed by atoms with van der Waals surface area (Å²) in [6.45, 7) is 1.93. The Labute approximate surface area is 138 Å². The van der Waals surface area contributed by atoms with Crippen LogP contribution in [0.25, 0.3) is 0 Å². The van der Waals surface area contributed by atoms with Crippen molar-refractivity contribution in [2.24, 2.45) is 0 Å². The van der Waals surface area contributed by atoms with Crippen molar-refractivity contribution in [2.75, 3.05) is 18.2 Å². The van der Waals surface area contributed by atoms with Crippen LogP contribution in [0.1, 0.15) is 23.7 Å². The van der Waals surface area contributed by atoms with E-state index < -0.39 is 5.97 Å². The van der Waals surface area contributed by atoms with Crippen LogP contribution in [0, 0.1) is 0 Å². The van der Waals surface area contributed by atoms with Crippen molar-refractivity contribution < 1.29 is 19.1 Å². The third-order valence-corrected chi connectivity index (χ3v) is 4.38. The molecule has 1 aromatic carbocycles. The van der Waals surface area contributed by atoms with Gasteiger partial charge < -0.3 is 20.7 Å². The zero-order valence-electron chi connectivity index (χ0n) is 12.9. The standard InChI is InChI=1S/C15H19N3O4S/c1-9-7-13(18-15(21)16-9)23-8-12(19)17-11-5-3-10(4-6-11)14(20)22-2/h3-6,9,13H,7-8H2,1-2H3,(H,17,19)(H2,16,18,21). The fourth-order valence-corrected chi connectivity index (χ4v) is 3.18. The summed E-state index contributed by atoms with van der Waals surface area (Å²) in [5.41, 5.74) is 1.03. The number of anilines is 1.